The Morgan fingerprint density at radius 3 is 2.83 bits per heavy atom. The Morgan fingerprint density at radius 2 is 2.22 bits per heavy atom. The summed E-state index contributed by atoms with van der Waals surface area (Å²) in [6.45, 7) is 8.20. The van der Waals surface area contributed by atoms with Gasteiger partial charge in [-0.3, -0.25) is 4.90 Å². The minimum Gasteiger partial charge on any atom is -0.396 e. The highest BCUT2D eigenvalue weighted by atomic mass is 16.3. The highest BCUT2D eigenvalue weighted by Crippen LogP contribution is 2.19. The molecule has 104 valence electrons. The number of rotatable bonds is 7. The summed E-state index contributed by atoms with van der Waals surface area (Å²) >= 11 is 0. The predicted octanol–water partition coefficient (Wildman–Crippen LogP) is 1.22. The number of hydrogen-bond acceptors (Lipinski definition) is 4. The van der Waals surface area contributed by atoms with E-state index in [2.05, 4.69) is 30.1 Å². The van der Waals surface area contributed by atoms with E-state index in [1.807, 2.05) is 0 Å². The van der Waals surface area contributed by atoms with Gasteiger partial charge in [0.25, 0.3) is 0 Å². The van der Waals surface area contributed by atoms with Crippen LogP contribution < -0.4 is 5.32 Å². The molecular formula is C14H27N3O. The third kappa shape index (κ3) is 5.81. The van der Waals surface area contributed by atoms with Crippen LogP contribution in [-0.2, 0) is 0 Å². The molecule has 2 atom stereocenters. The van der Waals surface area contributed by atoms with Gasteiger partial charge in [0, 0.05) is 25.7 Å². The molecule has 4 nitrogen and oxygen atoms in total. The van der Waals surface area contributed by atoms with E-state index >= 15 is 0 Å². The largest absolute Gasteiger partial charge is 0.396 e. The Hall–Kier alpha value is -0.630. The number of likely N-dealkylation sites (tertiary alicyclic amines) is 1. The Labute approximate surface area is 111 Å². The quantitative estimate of drug-likeness (QED) is 0.670. The van der Waals surface area contributed by atoms with Crippen LogP contribution in [0.2, 0.25) is 0 Å². The predicted molar refractivity (Wildman–Crippen MR) is 73.1 cm³/mol. The molecule has 0 spiro atoms. The minimum atomic E-state index is 0.254. The molecule has 1 saturated heterocycles. The molecule has 4 heteroatoms. The van der Waals surface area contributed by atoms with Gasteiger partial charge >= 0.3 is 0 Å². The van der Waals surface area contributed by atoms with E-state index in [1.54, 1.807) is 0 Å². The summed E-state index contributed by atoms with van der Waals surface area (Å²) in [5, 5.41) is 21.5. The lowest BCUT2D eigenvalue weighted by molar-refractivity contribution is 0.132. The molecule has 18 heavy (non-hydrogen) atoms. The number of nitrogens with one attached hydrogen (secondary N) is 1. The van der Waals surface area contributed by atoms with E-state index in [0.29, 0.717) is 18.5 Å². The van der Waals surface area contributed by atoms with Crippen molar-refractivity contribution in [1.29, 1.82) is 5.26 Å². The van der Waals surface area contributed by atoms with Gasteiger partial charge in [-0.15, -0.1) is 0 Å². The molecule has 0 aliphatic carbocycles. The standard InChI is InChI=1S/C14H27N3O/c1-12(2)3-6-16-14-9-13(4-8-18)10-17(11-14)7-5-15/h12-14,16,18H,3-4,6-11H2,1-2H3. The fourth-order valence-electron chi connectivity index (χ4n) is 2.65. The zero-order valence-corrected chi connectivity index (χ0v) is 11.7. The highest BCUT2D eigenvalue weighted by molar-refractivity contribution is 4.87. The third-order valence-corrected chi connectivity index (χ3v) is 3.60. The average Bonchev–Trinajstić information content (AvgIpc) is 2.29. The van der Waals surface area contributed by atoms with Crippen LogP contribution >= 0.6 is 0 Å². The molecule has 0 aromatic rings. The van der Waals surface area contributed by atoms with Crippen LogP contribution in [0.25, 0.3) is 0 Å². The zero-order valence-electron chi connectivity index (χ0n) is 11.7. The van der Waals surface area contributed by atoms with E-state index in [4.69, 9.17) is 10.4 Å². The van der Waals surface area contributed by atoms with Crippen molar-refractivity contribution >= 4 is 0 Å². The summed E-state index contributed by atoms with van der Waals surface area (Å²) < 4.78 is 0. The zero-order chi connectivity index (χ0) is 13.4. The molecule has 0 bridgehead atoms. The smallest absolute Gasteiger partial charge is 0.0866 e. The van der Waals surface area contributed by atoms with Gasteiger partial charge in [-0.05, 0) is 37.6 Å². The summed E-state index contributed by atoms with van der Waals surface area (Å²) in [6, 6.07) is 2.71. The molecule has 0 aromatic heterocycles. The van der Waals surface area contributed by atoms with Gasteiger partial charge in [0.2, 0.25) is 0 Å². The maximum Gasteiger partial charge on any atom is 0.0866 e. The second-order valence-electron chi connectivity index (χ2n) is 5.80. The van der Waals surface area contributed by atoms with Gasteiger partial charge in [-0.1, -0.05) is 13.8 Å². The van der Waals surface area contributed by atoms with Crippen molar-refractivity contribution in [3.05, 3.63) is 0 Å². The van der Waals surface area contributed by atoms with Gasteiger partial charge in [0.15, 0.2) is 0 Å². The van der Waals surface area contributed by atoms with Crippen molar-refractivity contribution in [2.75, 3.05) is 32.8 Å². The van der Waals surface area contributed by atoms with Crippen LogP contribution in [0.4, 0.5) is 0 Å². The molecule has 1 rings (SSSR count). The average molecular weight is 253 g/mol. The molecule has 1 aliphatic heterocycles. The van der Waals surface area contributed by atoms with Crippen molar-refractivity contribution in [2.45, 2.75) is 39.2 Å². The number of piperidine rings is 1. The van der Waals surface area contributed by atoms with Gasteiger partial charge in [0.05, 0.1) is 12.6 Å². The number of hydrogen-bond donors (Lipinski definition) is 2. The normalized spacial score (nSPS) is 25.3. The fourth-order valence-corrected chi connectivity index (χ4v) is 2.65. The minimum absolute atomic E-state index is 0.254. The van der Waals surface area contributed by atoms with Crippen molar-refractivity contribution in [2.24, 2.45) is 11.8 Å². The van der Waals surface area contributed by atoms with E-state index in [-0.39, 0.29) is 6.61 Å². The van der Waals surface area contributed by atoms with E-state index in [0.717, 1.165) is 38.4 Å². The molecule has 2 unspecified atom stereocenters. The molecule has 0 amide bonds. The lowest BCUT2D eigenvalue weighted by Crippen LogP contribution is -2.49. The number of nitriles is 1. The van der Waals surface area contributed by atoms with E-state index in [1.165, 1.54) is 6.42 Å². The summed E-state index contributed by atoms with van der Waals surface area (Å²) in [5.74, 6) is 1.25. The van der Waals surface area contributed by atoms with Crippen LogP contribution in [0.1, 0.15) is 33.1 Å². The Kier molecular flexibility index (Phi) is 7.26. The molecule has 0 aromatic carbocycles. The van der Waals surface area contributed by atoms with Crippen LogP contribution in [-0.4, -0.2) is 48.8 Å². The molecule has 1 aliphatic rings. The molecule has 0 radical (unpaired) electrons. The number of aliphatic hydroxyl groups excluding tert-OH is 1. The summed E-state index contributed by atoms with van der Waals surface area (Å²) in [5.41, 5.74) is 0. The molecule has 1 heterocycles. The van der Waals surface area contributed by atoms with Gasteiger partial charge in [-0.25, -0.2) is 0 Å². The Balaban J connectivity index is 2.38. The molecular weight excluding hydrogens is 226 g/mol. The van der Waals surface area contributed by atoms with E-state index in [9.17, 15) is 0 Å². The van der Waals surface area contributed by atoms with Crippen LogP contribution in [0.5, 0.6) is 0 Å². The van der Waals surface area contributed by atoms with Gasteiger partial charge in [-0.2, -0.15) is 5.26 Å². The molecule has 1 fully saturated rings. The second-order valence-corrected chi connectivity index (χ2v) is 5.80. The topological polar surface area (TPSA) is 59.3 Å². The first-order chi connectivity index (χ1) is 8.65. The van der Waals surface area contributed by atoms with Crippen LogP contribution in [0, 0.1) is 23.2 Å². The summed E-state index contributed by atoms with van der Waals surface area (Å²) in [7, 11) is 0. The van der Waals surface area contributed by atoms with Gasteiger partial charge in [0.1, 0.15) is 0 Å². The van der Waals surface area contributed by atoms with Crippen molar-refractivity contribution < 1.29 is 5.11 Å². The molecule has 2 N–H and O–H groups in total. The van der Waals surface area contributed by atoms with E-state index < -0.39 is 0 Å². The van der Waals surface area contributed by atoms with Crippen LogP contribution in [0.15, 0.2) is 0 Å². The first-order valence-electron chi connectivity index (χ1n) is 7.09. The maximum absolute atomic E-state index is 9.07. The van der Waals surface area contributed by atoms with Crippen molar-refractivity contribution in [1.82, 2.24) is 10.2 Å². The van der Waals surface area contributed by atoms with Crippen molar-refractivity contribution in [3.8, 4) is 6.07 Å². The number of aliphatic hydroxyl groups is 1. The maximum atomic E-state index is 9.07. The monoisotopic (exact) mass is 253 g/mol. The number of nitrogens with zero attached hydrogens (tertiary/aromatic N) is 2. The lowest BCUT2D eigenvalue weighted by Gasteiger charge is -2.37. The summed E-state index contributed by atoms with van der Waals surface area (Å²) in [6.07, 6.45) is 3.17. The SMILES string of the molecule is CC(C)CCNC1CC(CCO)CN(CC#N)C1. The first kappa shape index (κ1) is 15.4. The molecule has 0 saturated carbocycles. The van der Waals surface area contributed by atoms with Crippen molar-refractivity contribution in [3.63, 3.8) is 0 Å². The van der Waals surface area contributed by atoms with Crippen LogP contribution in [0.3, 0.4) is 0 Å². The third-order valence-electron chi connectivity index (χ3n) is 3.60. The Morgan fingerprint density at radius 1 is 1.44 bits per heavy atom. The fraction of sp³-hybridized carbons (Fsp3) is 0.929. The highest BCUT2D eigenvalue weighted by Gasteiger charge is 2.26. The second kappa shape index (κ2) is 8.47. The first-order valence-corrected chi connectivity index (χ1v) is 7.09. The lowest BCUT2D eigenvalue weighted by atomic mass is 9.91. The van der Waals surface area contributed by atoms with Gasteiger partial charge < -0.3 is 10.4 Å². The Bertz CT molecular complexity index is 262. The summed E-state index contributed by atoms with van der Waals surface area (Å²) in [4.78, 5) is 2.21.